The molecule has 18 nitrogen and oxygen atoms in total. The molecule has 0 radical (unpaired) electrons. The molecule has 3 heterocycles. The largest absolute Gasteiger partial charge is 0.508 e. The zero-order valence-corrected chi connectivity index (χ0v) is 24.3. The van der Waals surface area contributed by atoms with Gasteiger partial charge in [0.1, 0.15) is 64.8 Å². The molecule has 19 heteroatoms. The van der Waals surface area contributed by atoms with Gasteiger partial charge < -0.3 is 69.3 Å². The molecular formula is C27H30O18S. The summed E-state index contributed by atoms with van der Waals surface area (Å²) >= 11 is 0. The molecule has 0 unspecified atom stereocenters. The third kappa shape index (κ3) is 5.75. The Bertz CT molecular complexity index is 1760. The number of ether oxygens (including phenoxy) is 4. The number of aliphatic hydroxyl groups excluding tert-OH is 6. The van der Waals surface area contributed by atoms with Gasteiger partial charge in [0.15, 0.2) is 18.2 Å². The molecule has 2 saturated heterocycles. The number of phenolic OH excluding ortho intramolecular Hbond substituents is 3. The van der Waals surface area contributed by atoms with Crippen molar-refractivity contribution in [1.82, 2.24) is 0 Å². The predicted octanol–water partition coefficient (Wildman–Crippen LogP) is -2.18. The van der Waals surface area contributed by atoms with Crippen LogP contribution >= 0.6 is 0 Å². The number of aliphatic hydroxyl groups is 6. The molecule has 3 aromatic rings. The first-order valence-electron chi connectivity index (χ1n) is 13.5. The summed E-state index contributed by atoms with van der Waals surface area (Å²) in [7, 11) is -5.89. The minimum atomic E-state index is -5.89. The van der Waals surface area contributed by atoms with E-state index in [-0.39, 0.29) is 11.3 Å². The lowest BCUT2D eigenvalue weighted by molar-refractivity contribution is -0.328. The van der Waals surface area contributed by atoms with E-state index in [9.17, 15) is 63.7 Å². The van der Waals surface area contributed by atoms with Crippen LogP contribution in [0, 0.1) is 0 Å². The van der Waals surface area contributed by atoms with Crippen molar-refractivity contribution >= 4 is 21.1 Å². The highest BCUT2D eigenvalue weighted by molar-refractivity contribution is 7.87. The van der Waals surface area contributed by atoms with Gasteiger partial charge >= 0.3 is 15.2 Å². The summed E-state index contributed by atoms with van der Waals surface area (Å²) in [5, 5.41) is 88.0. The summed E-state index contributed by atoms with van der Waals surface area (Å²) < 4.78 is 63.3. The topological polar surface area (TPSA) is 304 Å². The molecule has 0 spiro atoms. The zero-order valence-electron chi connectivity index (χ0n) is 23.5. The van der Waals surface area contributed by atoms with Gasteiger partial charge in [-0.1, -0.05) is 0 Å². The Morgan fingerprint density at radius 1 is 0.870 bits per heavy atom. The van der Waals surface area contributed by atoms with E-state index in [4.69, 9.17) is 23.4 Å². The van der Waals surface area contributed by atoms with Crippen LogP contribution in [0.4, 0.5) is 0 Å². The summed E-state index contributed by atoms with van der Waals surface area (Å²) in [5.74, 6) is -3.40. The summed E-state index contributed by atoms with van der Waals surface area (Å²) in [6.07, 6.45) is -17.4. The number of benzene rings is 2. The average Bonchev–Trinajstić information content (AvgIpc) is 2.98. The summed E-state index contributed by atoms with van der Waals surface area (Å²) in [4.78, 5) is 13.7. The second kappa shape index (κ2) is 12.2. The van der Waals surface area contributed by atoms with E-state index in [1.165, 1.54) is 19.1 Å². The SMILES string of the molecule is C[C@@H]1O[C@@H](OC[C@@H]2O[C@@](Oc3c(-c4ccc(O)cc4)oc4cc(O)cc(O)c4c3=O)(S(=O)(=O)O)[C@@H](O)[C@@H](O)[C@H]2O)[C@H](O)[C@@H](O)[C@H]1O. The number of hydrogen-bond donors (Lipinski definition) is 10. The lowest BCUT2D eigenvalue weighted by atomic mass is 9.98. The third-order valence-electron chi connectivity index (χ3n) is 7.62. The van der Waals surface area contributed by atoms with Crippen LogP contribution in [-0.4, -0.2) is 126 Å². The van der Waals surface area contributed by atoms with Crippen LogP contribution < -0.4 is 10.2 Å². The Hall–Kier alpha value is -3.60. The number of rotatable bonds is 7. The second-order valence-electron chi connectivity index (χ2n) is 10.8. The average molecular weight is 675 g/mol. The molecule has 2 aliphatic heterocycles. The summed E-state index contributed by atoms with van der Waals surface area (Å²) in [5.41, 5.74) is -1.84. The van der Waals surface area contributed by atoms with Gasteiger partial charge in [0.05, 0.1) is 12.7 Å². The molecule has 0 bridgehead atoms. The van der Waals surface area contributed by atoms with Gasteiger partial charge in [-0.15, -0.1) is 0 Å². The van der Waals surface area contributed by atoms with Crippen LogP contribution in [0.25, 0.3) is 22.3 Å². The van der Waals surface area contributed by atoms with Gasteiger partial charge in [0, 0.05) is 17.7 Å². The quantitative estimate of drug-likeness (QED) is 0.119. The Labute approximate surface area is 258 Å². The minimum absolute atomic E-state index is 0.0795. The van der Waals surface area contributed by atoms with Gasteiger partial charge in [-0.2, -0.15) is 8.42 Å². The van der Waals surface area contributed by atoms with E-state index < -0.39 is 116 Å². The van der Waals surface area contributed by atoms with E-state index in [0.29, 0.717) is 0 Å². The fraction of sp³-hybridized carbons (Fsp3) is 0.444. The highest BCUT2D eigenvalue weighted by atomic mass is 32.2. The number of phenols is 3. The summed E-state index contributed by atoms with van der Waals surface area (Å²) in [6, 6.07) is 6.33. The van der Waals surface area contributed by atoms with Crippen molar-refractivity contribution in [3.8, 4) is 34.3 Å². The van der Waals surface area contributed by atoms with E-state index in [1.807, 2.05) is 0 Å². The molecule has 252 valence electrons. The van der Waals surface area contributed by atoms with Crippen LogP contribution in [0.5, 0.6) is 23.0 Å². The monoisotopic (exact) mass is 674 g/mol. The normalized spacial score (nSPS) is 33.6. The zero-order chi connectivity index (χ0) is 33.9. The van der Waals surface area contributed by atoms with E-state index in [1.54, 1.807) is 0 Å². The van der Waals surface area contributed by atoms with Crippen molar-refractivity contribution in [1.29, 1.82) is 0 Å². The van der Waals surface area contributed by atoms with Crippen LogP contribution in [0.15, 0.2) is 45.6 Å². The Morgan fingerprint density at radius 2 is 1.52 bits per heavy atom. The second-order valence-corrected chi connectivity index (χ2v) is 12.3. The molecule has 5 rings (SSSR count). The smallest absolute Gasteiger partial charge is 0.370 e. The van der Waals surface area contributed by atoms with Crippen molar-refractivity contribution in [2.75, 3.05) is 6.61 Å². The first-order chi connectivity index (χ1) is 21.5. The van der Waals surface area contributed by atoms with Crippen molar-refractivity contribution < 1.29 is 82.3 Å². The molecule has 10 N–H and O–H groups in total. The maximum Gasteiger partial charge on any atom is 0.370 e. The fourth-order valence-corrected chi connectivity index (χ4v) is 5.97. The molecule has 10 atom stereocenters. The lowest BCUT2D eigenvalue weighted by Gasteiger charge is -2.46. The molecule has 2 aromatic carbocycles. The Balaban J connectivity index is 1.61. The number of aromatic hydroxyl groups is 3. The van der Waals surface area contributed by atoms with Crippen molar-refractivity contribution in [3.05, 3.63) is 46.6 Å². The first kappa shape index (κ1) is 33.8. The number of hydrogen-bond acceptors (Lipinski definition) is 17. The first-order valence-corrected chi connectivity index (χ1v) is 14.9. The third-order valence-corrected chi connectivity index (χ3v) is 8.76. The van der Waals surface area contributed by atoms with Gasteiger partial charge in [0.2, 0.25) is 11.2 Å². The van der Waals surface area contributed by atoms with E-state index >= 15 is 0 Å². The van der Waals surface area contributed by atoms with Crippen LogP contribution in [0.1, 0.15) is 6.92 Å². The maximum atomic E-state index is 13.7. The molecule has 2 fully saturated rings. The molecule has 0 saturated carbocycles. The molecule has 0 aliphatic carbocycles. The molecule has 1 aromatic heterocycles. The Kier molecular flexibility index (Phi) is 8.96. The standard InChI is InChI=1S/C27H30O18S/c1-9-17(31)20(34)22(36)26(42-9)41-8-15-18(32)21(35)25(37)27(44-15,46(38,39)40)45-24-19(33)16-13(30)6-12(29)7-14(16)43-23(24)10-2-4-11(28)5-3-10/h2-7,9,15,17-18,20-22,25-26,28-32,34-37H,8H2,1H3,(H,38,39,40)/t9-,15-,17-,18-,20-,21-,22+,25-,26+,27-/m0/s1. The van der Waals surface area contributed by atoms with Crippen molar-refractivity contribution in [3.63, 3.8) is 0 Å². The van der Waals surface area contributed by atoms with E-state index in [0.717, 1.165) is 24.3 Å². The minimum Gasteiger partial charge on any atom is -0.508 e. The molecule has 46 heavy (non-hydrogen) atoms. The number of fused-ring (bicyclic) bond motifs is 1. The van der Waals surface area contributed by atoms with Crippen LogP contribution in [0.2, 0.25) is 0 Å². The van der Waals surface area contributed by atoms with Crippen LogP contribution in [0.3, 0.4) is 0 Å². The Morgan fingerprint density at radius 3 is 2.15 bits per heavy atom. The van der Waals surface area contributed by atoms with Gasteiger partial charge in [-0.05, 0) is 31.2 Å². The van der Waals surface area contributed by atoms with Crippen molar-refractivity contribution in [2.24, 2.45) is 0 Å². The summed E-state index contributed by atoms with van der Waals surface area (Å²) in [6.45, 7) is 0.361. The fourth-order valence-electron chi connectivity index (χ4n) is 5.10. The van der Waals surface area contributed by atoms with Crippen molar-refractivity contribution in [2.45, 2.75) is 67.2 Å². The molecule has 0 amide bonds. The molecule has 2 aliphatic rings. The highest BCUT2D eigenvalue weighted by Crippen LogP contribution is 2.42. The highest BCUT2D eigenvalue weighted by Gasteiger charge is 2.64. The lowest BCUT2D eigenvalue weighted by Crippen LogP contribution is -2.70. The van der Waals surface area contributed by atoms with Gasteiger partial charge in [0.25, 0.3) is 0 Å². The van der Waals surface area contributed by atoms with Gasteiger partial charge in [-0.3, -0.25) is 9.35 Å². The van der Waals surface area contributed by atoms with Crippen LogP contribution in [-0.2, 0) is 24.3 Å². The van der Waals surface area contributed by atoms with Gasteiger partial charge in [-0.25, -0.2) is 0 Å². The van der Waals surface area contributed by atoms with E-state index in [2.05, 4.69) is 0 Å². The maximum absolute atomic E-state index is 13.7. The predicted molar refractivity (Wildman–Crippen MR) is 149 cm³/mol. The molecular weight excluding hydrogens is 644 g/mol.